The minimum atomic E-state index is -0.356. The molecule has 0 aliphatic carbocycles. The van der Waals surface area contributed by atoms with Gasteiger partial charge in [-0.1, -0.05) is 6.42 Å². The molecule has 0 saturated carbocycles. The van der Waals surface area contributed by atoms with E-state index in [1.165, 1.54) is 0 Å². The standard InChI is InChI=1S/C18H22N4O3/c1-2-19-16(23)11-20-17(24)12-7-8-13-14(10-12)21-15-6-4-3-5-9-22(15)18(13)25/h7-8,10H,2-6,9,11H2,1H3,(H,19,23)(H,20,24). The summed E-state index contributed by atoms with van der Waals surface area (Å²) in [5.74, 6) is 0.193. The number of carbonyl (C=O) groups excluding carboxylic acids is 2. The molecule has 1 aliphatic heterocycles. The van der Waals surface area contributed by atoms with E-state index < -0.39 is 0 Å². The number of nitrogens with one attached hydrogen (secondary N) is 2. The molecule has 0 atom stereocenters. The molecule has 1 aromatic heterocycles. The minimum Gasteiger partial charge on any atom is -0.355 e. The zero-order valence-corrected chi connectivity index (χ0v) is 14.3. The van der Waals surface area contributed by atoms with Gasteiger partial charge in [0.05, 0.1) is 17.4 Å². The summed E-state index contributed by atoms with van der Waals surface area (Å²) in [5.41, 5.74) is 0.877. The fraction of sp³-hybridized carbons (Fsp3) is 0.444. The fourth-order valence-electron chi connectivity index (χ4n) is 3.08. The van der Waals surface area contributed by atoms with Gasteiger partial charge in [-0.3, -0.25) is 19.0 Å². The van der Waals surface area contributed by atoms with Crippen LogP contribution in [0.2, 0.25) is 0 Å². The first-order chi connectivity index (χ1) is 12.1. The molecule has 2 amide bonds. The lowest BCUT2D eigenvalue weighted by Crippen LogP contribution is -2.36. The molecule has 7 nitrogen and oxygen atoms in total. The Kier molecular flexibility index (Phi) is 5.11. The Labute approximate surface area is 145 Å². The van der Waals surface area contributed by atoms with Crippen molar-refractivity contribution in [2.45, 2.75) is 39.2 Å². The quantitative estimate of drug-likeness (QED) is 0.866. The summed E-state index contributed by atoms with van der Waals surface area (Å²) in [6.07, 6.45) is 3.87. The minimum absolute atomic E-state index is 0.0452. The van der Waals surface area contributed by atoms with Crippen LogP contribution >= 0.6 is 0 Å². The molecule has 25 heavy (non-hydrogen) atoms. The number of hydrogen-bond donors (Lipinski definition) is 2. The average molecular weight is 342 g/mol. The molecular weight excluding hydrogens is 320 g/mol. The number of hydrogen-bond acceptors (Lipinski definition) is 4. The van der Waals surface area contributed by atoms with E-state index in [2.05, 4.69) is 15.6 Å². The first-order valence-electron chi connectivity index (χ1n) is 8.68. The largest absolute Gasteiger partial charge is 0.355 e. The van der Waals surface area contributed by atoms with Crippen LogP contribution in [0.5, 0.6) is 0 Å². The Morgan fingerprint density at radius 2 is 2.04 bits per heavy atom. The van der Waals surface area contributed by atoms with Crippen LogP contribution in [0.3, 0.4) is 0 Å². The van der Waals surface area contributed by atoms with Crippen LogP contribution in [0.4, 0.5) is 0 Å². The van der Waals surface area contributed by atoms with E-state index >= 15 is 0 Å². The molecule has 3 rings (SSSR count). The van der Waals surface area contributed by atoms with Gasteiger partial charge in [-0.15, -0.1) is 0 Å². The predicted octanol–water partition coefficient (Wildman–Crippen LogP) is 0.989. The molecule has 0 spiro atoms. The van der Waals surface area contributed by atoms with Crippen molar-refractivity contribution in [3.8, 4) is 0 Å². The van der Waals surface area contributed by atoms with Crippen LogP contribution in [0.25, 0.3) is 10.9 Å². The van der Waals surface area contributed by atoms with Crippen LogP contribution < -0.4 is 16.2 Å². The normalized spacial score (nSPS) is 13.8. The third-order valence-corrected chi connectivity index (χ3v) is 4.36. The molecule has 0 radical (unpaired) electrons. The first kappa shape index (κ1) is 17.1. The van der Waals surface area contributed by atoms with Crippen LogP contribution in [-0.2, 0) is 17.8 Å². The van der Waals surface area contributed by atoms with Crippen LogP contribution in [0.1, 0.15) is 42.4 Å². The number of amides is 2. The maximum absolute atomic E-state index is 12.7. The predicted molar refractivity (Wildman–Crippen MR) is 94.6 cm³/mol. The van der Waals surface area contributed by atoms with Crippen molar-refractivity contribution in [3.05, 3.63) is 39.9 Å². The number of likely N-dealkylation sites (N-methyl/N-ethyl adjacent to an activating group) is 1. The van der Waals surface area contributed by atoms with Crippen LogP contribution in [0, 0.1) is 0 Å². The lowest BCUT2D eigenvalue weighted by Gasteiger charge is -2.11. The number of fused-ring (bicyclic) bond motifs is 2. The molecule has 0 bridgehead atoms. The second-order valence-electron chi connectivity index (χ2n) is 6.16. The summed E-state index contributed by atoms with van der Waals surface area (Å²) in [7, 11) is 0. The highest BCUT2D eigenvalue weighted by atomic mass is 16.2. The van der Waals surface area contributed by atoms with E-state index in [0.717, 1.165) is 31.5 Å². The Bertz CT molecular complexity index is 872. The molecule has 0 unspecified atom stereocenters. The van der Waals surface area contributed by atoms with Gasteiger partial charge in [-0.05, 0) is 38.0 Å². The first-order valence-corrected chi connectivity index (χ1v) is 8.68. The van der Waals surface area contributed by atoms with Gasteiger partial charge in [-0.2, -0.15) is 0 Å². The Morgan fingerprint density at radius 3 is 2.84 bits per heavy atom. The van der Waals surface area contributed by atoms with Gasteiger partial charge in [0.2, 0.25) is 5.91 Å². The zero-order chi connectivity index (χ0) is 17.8. The van der Waals surface area contributed by atoms with Crippen molar-refractivity contribution in [1.29, 1.82) is 0 Å². The molecule has 2 heterocycles. The van der Waals surface area contributed by atoms with Crippen LogP contribution in [-0.4, -0.2) is 34.5 Å². The van der Waals surface area contributed by atoms with Gasteiger partial charge in [0, 0.05) is 25.1 Å². The molecule has 0 saturated heterocycles. The third kappa shape index (κ3) is 3.70. The van der Waals surface area contributed by atoms with Gasteiger partial charge < -0.3 is 10.6 Å². The van der Waals surface area contributed by atoms with E-state index in [0.29, 0.717) is 29.6 Å². The molecule has 7 heteroatoms. The smallest absolute Gasteiger partial charge is 0.261 e. The number of carbonyl (C=O) groups is 2. The van der Waals surface area contributed by atoms with Crippen molar-refractivity contribution in [3.63, 3.8) is 0 Å². The Balaban J connectivity index is 1.88. The van der Waals surface area contributed by atoms with Gasteiger partial charge in [0.15, 0.2) is 0 Å². The third-order valence-electron chi connectivity index (χ3n) is 4.36. The molecule has 1 aliphatic rings. The molecular formula is C18H22N4O3. The lowest BCUT2D eigenvalue weighted by atomic mass is 10.1. The van der Waals surface area contributed by atoms with E-state index in [4.69, 9.17) is 0 Å². The second-order valence-corrected chi connectivity index (χ2v) is 6.16. The highest BCUT2D eigenvalue weighted by Gasteiger charge is 2.15. The summed E-state index contributed by atoms with van der Waals surface area (Å²) in [6.45, 7) is 2.96. The van der Waals surface area contributed by atoms with E-state index in [9.17, 15) is 14.4 Å². The lowest BCUT2D eigenvalue weighted by molar-refractivity contribution is -0.120. The molecule has 0 fully saturated rings. The van der Waals surface area contributed by atoms with Gasteiger partial charge in [0.25, 0.3) is 11.5 Å². The highest BCUT2D eigenvalue weighted by molar-refractivity contribution is 5.99. The molecule has 2 N–H and O–H groups in total. The van der Waals surface area contributed by atoms with Crippen molar-refractivity contribution in [1.82, 2.24) is 20.2 Å². The summed E-state index contributed by atoms with van der Waals surface area (Å²) in [4.78, 5) is 40.9. The highest BCUT2D eigenvalue weighted by Crippen LogP contribution is 2.16. The topological polar surface area (TPSA) is 93.1 Å². The van der Waals surface area contributed by atoms with Crippen molar-refractivity contribution in [2.24, 2.45) is 0 Å². The van der Waals surface area contributed by atoms with E-state index in [1.807, 2.05) is 6.92 Å². The molecule has 2 aromatic rings. The van der Waals surface area contributed by atoms with Crippen molar-refractivity contribution < 1.29 is 9.59 Å². The number of rotatable bonds is 4. The van der Waals surface area contributed by atoms with Gasteiger partial charge >= 0.3 is 0 Å². The Hall–Kier alpha value is -2.70. The maximum Gasteiger partial charge on any atom is 0.261 e. The SMILES string of the molecule is CCNC(=O)CNC(=O)c1ccc2c(=O)n3c(nc2c1)CCCCC3. The zero-order valence-electron chi connectivity index (χ0n) is 14.3. The summed E-state index contributed by atoms with van der Waals surface area (Å²) in [5, 5.41) is 5.71. The maximum atomic E-state index is 12.7. The number of nitrogens with zero attached hydrogens (tertiary/aromatic N) is 2. The summed E-state index contributed by atoms with van der Waals surface area (Å²) < 4.78 is 1.75. The molecule has 132 valence electrons. The number of aryl methyl sites for hydroxylation is 1. The summed E-state index contributed by atoms with van der Waals surface area (Å²) >= 11 is 0. The van der Waals surface area contributed by atoms with Crippen molar-refractivity contribution >= 4 is 22.7 Å². The van der Waals surface area contributed by atoms with E-state index in [-0.39, 0.29) is 23.9 Å². The number of benzene rings is 1. The van der Waals surface area contributed by atoms with Gasteiger partial charge in [0.1, 0.15) is 5.82 Å². The monoisotopic (exact) mass is 342 g/mol. The summed E-state index contributed by atoms with van der Waals surface area (Å²) in [6, 6.07) is 4.86. The second kappa shape index (κ2) is 7.46. The van der Waals surface area contributed by atoms with Gasteiger partial charge in [-0.25, -0.2) is 4.98 Å². The van der Waals surface area contributed by atoms with E-state index in [1.54, 1.807) is 22.8 Å². The number of aromatic nitrogens is 2. The van der Waals surface area contributed by atoms with Crippen LogP contribution in [0.15, 0.2) is 23.0 Å². The molecule has 1 aromatic carbocycles. The Morgan fingerprint density at radius 1 is 1.20 bits per heavy atom. The fourth-order valence-corrected chi connectivity index (χ4v) is 3.08. The average Bonchev–Trinajstić information content (AvgIpc) is 2.85. The van der Waals surface area contributed by atoms with Crippen molar-refractivity contribution in [2.75, 3.05) is 13.1 Å².